The molecular weight excluding hydrogens is 452 g/mol. The summed E-state index contributed by atoms with van der Waals surface area (Å²) >= 11 is 0. The molecule has 0 saturated carbocycles. The molecule has 1 N–H and O–H groups in total. The fraction of sp³-hybridized carbons (Fsp3) is 0.269. The van der Waals surface area contributed by atoms with E-state index in [2.05, 4.69) is 5.32 Å². The van der Waals surface area contributed by atoms with Gasteiger partial charge in [-0.2, -0.15) is 4.31 Å². The second-order valence-electron chi connectivity index (χ2n) is 8.44. The Morgan fingerprint density at radius 1 is 0.853 bits per heavy atom. The Bertz CT molecular complexity index is 1300. The van der Waals surface area contributed by atoms with E-state index in [0.29, 0.717) is 41.6 Å². The van der Waals surface area contributed by atoms with Crippen LogP contribution in [0.2, 0.25) is 0 Å². The molecule has 3 aromatic carbocycles. The zero-order chi connectivity index (χ0) is 23.5. The van der Waals surface area contributed by atoms with Crippen molar-refractivity contribution in [3.8, 4) is 22.6 Å². The fourth-order valence-electron chi connectivity index (χ4n) is 4.25. The van der Waals surface area contributed by atoms with Gasteiger partial charge in [0.15, 0.2) is 11.5 Å². The van der Waals surface area contributed by atoms with E-state index in [0.717, 1.165) is 36.0 Å². The number of piperidine rings is 1. The number of carbonyl (C=O) groups excluding carboxylic acids is 1. The summed E-state index contributed by atoms with van der Waals surface area (Å²) in [6, 6.07) is 19.8. The summed E-state index contributed by atoms with van der Waals surface area (Å²) in [6.45, 7) is 1.73. The molecule has 2 aliphatic heterocycles. The van der Waals surface area contributed by atoms with Gasteiger partial charge in [0.1, 0.15) is 0 Å². The Hall–Kier alpha value is -3.36. The molecule has 176 valence electrons. The average Bonchev–Trinajstić information content (AvgIpc) is 3.36. The topological polar surface area (TPSA) is 84.9 Å². The van der Waals surface area contributed by atoms with Crippen molar-refractivity contribution in [3.05, 3.63) is 77.9 Å². The van der Waals surface area contributed by atoms with E-state index in [1.165, 1.54) is 0 Å². The van der Waals surface area contributed by atoms with Crippen LogP contribution >= 0.6 is 0 Å². The van der Waals surface area contributed by atoms with Crippen LogP contribution in [-0.2, 0) is 16.6 Å². The Balaban J connectivity index is 1.27. The molecule has 0 bridgehead atoms. The molecule has 8 heteroatoms. The van der Waals surface area contributed by atoms with E-state index >= 15 is 0 Å². The third-order valence-corrected chi connectivity index (χ3v) is 8.07. The van der Waals surface area contributed by atoms with E-state index in [1.54, 1.807) is 34.6 Å². The number of rotatable bonds is 6. The molecule has 0 aromatic heterocycles. The number of hydrogen-bond acceptors (Lipinski definition) is 5. The lowest BCUT2D eigenvalue weighted by Gasteiger charge is -2.25. The molecule has 5 rings (SSSR count). The van der Waals surface area contributed by atoms with E-state index in [4.69, 9.17) is 9.47 Å². The van der Waals surface area contributed by atoms with Crippen LogP contribution in [0.3, 0.4) is 0 Å². The molecule has 2 heterocycles. The Kier molecular flexibility index (Phi) is 6.26. The summed E-state index contributed by atoms with van der Waals surface area (Å²) in [7, 11) is -3.47. The highest BCUT2D eigenvalue weighted by Gasteiger charge is 2.25. The molecule has 1 fully saturated rings. The first-order chi connectivity index (χ1) is 16.5. The standard InChI is InChI=1S/C26H26N2O5S/c29-26(27-17-19-7-12-24-25(15-19)33-18-32-24)22-6-4-5-21(16-22)20-8-10-23(11-9-20)34(30,31)28-13-2-1-3-14-28/h4-12,15-16H,1-3,13-14,17-18H2,(H,27,29). The van der Waals surface area contributed by atoms with Gasteiger partial charge in [-0.3, -0.25) is 4.79 Å². The normalized spacial score (nSPS) is 15.8. The van der Waals surface area contributed by atoms with E-state index in [-0.39, 0.29) is 12.7 Å². The third kappa shape index (κ3) is 4.64. The van der Waals surface area contributed by atoms with Crippen LogP contribution in [0.1, 0.15) is 35.2 Å². The molecule has 3 aromatic rings. The minimum Gasteiger partial charge on any atom is -0.454 e. The highest BCUT2D eigenvalue weighted by atomic mass is 32.2. The van der Waals surface area contributed by atoms with Gasteiger partial charge in [0, 0.05) is 25.2 Å². The van der Waals surface area contributed by atoms with Crippen molar-refractivity contribution in [1.82, 2.24) is 9.62 Å². The van der Waals surface area contributed by atoms with Crippen LogP contribution < -0.4 is 14.8 Å². The van der Waals surface area contributed by atoms with Gasteiger partial charge in [0.2, 0.25) is 16.8 Å². The van der Waals surface area contributed by atoms with E-state index < -0.39 is 10.0 Å². The van der Waals surface area contributed by atoms with Crippen molar-refractivity contribution in [2.45, 2.75) is 30.7 Å². The van der Waals surface area contributed by atoms with Gasteiger partial charge >= 0.3 is 0 Å². The van der Waals surface area contributed by atoms with E-state index in [1.807, 2.05) is 36.4 Å². The second-order valence-corrected chi connectivity index (χ2v) is 10.4. The van der Waals surface area contributed by atoms with Gasteiger partial charge < -0.3 is 14.8 Å². The van der Waals surface area contributed by atoms with Crippen LogP contribution in [0.5, 0.6) is 11.5 Å². The largest absolute Gasteiger partial charge is 0.454 e. The molecule has 0 atom stereocenters. The fourth-order valence-corrected chi connectivity index (χ4v) is 5.77. The van der Waals surface area contributed by atoms with Gasteiger partial charge in [-0.1, -0.05) is 36.8 Å². The van der Waals surface area contributed by atoms with Crippen LogP contribution in [-0.4, -0.2) is 38.5 Å². The van der Waals surface area contributed by atoms with Crippen molar-refractivity contribution < 1.29 is 22.7 Å². The number of carbonyl (C=O) groups is 1. The Morgan fingerprint density at radius 3 is 2.41 bits per heavy atom. The lowest BCUT2D eigenvalue weighted by atomic mass is 10.0. The first-order valence-corrected chi connectivity index (χ1v) is 12.8. The van der Waals surface area contributed by atoms with Crippen molar-refractivity contribution in [3.63, 3.8) is 0 Å². The monoisotopic (exact) mass is 478 g/mol. The van der Waals surface area contributed by atoms with Gasteiger partial charge in [-0.15, -0.1) is 0 Å². The van der Waals surface area contributed by atoms with Crippen LogP contribution in [0.4, 0.5) is 0 Å². The average molecular weight is 479 g/mol. The molecule has 0 spiro atoms. The summed E-state index contributed by atoms with van der Waals surface area (Å²) in [5.41, 5.74) is 3.14. The lowest BCUT2D eigenvalue weighted by Crippen LogP contribution is -2.35. The predicted octanol–water partition coefficient (Wildman–Crippen LogP) is 4.19. The summed E-state index contributed by atoms with van der Waals surface area (Å²) in [6.07, 6.45) is 2.88. The molecule has 0 radical (unpaired) electrons. The molecule has 2 aliphatic rings. The first-order valence-electron chi connectivity index (χ1n) is 11.4. The van der Waals surface area contributed by atoms with Crippen molar-refractivity contribution >= 4 is 15.9 Å². The molecule has 0 unspecified atom stereocenters. The maximum absolute atomic E-state index is 12.9. The molecular formula is C26H26N2O5S. The highest BCUT2D eigenvalue weighted by molar-refractivity contribution is 7.89. The molecule has 1 amide bonds. The van der Waals surface area contributed by atoms with Gasteiger partial charge in [-0.05, 0) is 65.9 Å². The minimum atomic E-state index is -3.47. The van der Waals surface area contributed by atoms with Gasteiger partial charge in [-0.25, -0.2) is 8.42 Å². The second kappa shape index (κ2) is 9.48. The first kappa shape index (κ1) is 22.4. The Morgan fingerprint density at radius 2 is 1.62 bits per heavy atom. The van der Waals surface area contributed by atoms with Crippen molar-refractivity contribution in [2.24, 2.45) is 0 Å². The van der Waals surface area contributed by atoms with Crippen LogP contribution in [0.15, 0.2) is 71.6 Å². The summed E-state index contributed by atoms with van der Waals surface area (Å²) < 4.78 is 38.0. The van der Waals surface area contributed by atoms with Crippen LogP contribution in [0, 0.1) is 0 Å². The number of sulfonamides is 1. The van der Waals surface area contributed by atoms with E-state index in [9.17, 15) is 13.2 Å². The maximum atomic E-state index is 12.9. The molecule has 34 heavy (non-hydrogen) atoms. The summed E-state index contributed by atoms with van der Waals surface area (Å²) in [4.78, 5) is 13.0. The smallest absolute Gasteiger partial charge is 0.251 e. The molecule has 1 saturated heterocycles. The number of nitrogens with one attached hydrogen (secondary N) is 1. The number of benzene rings is 3. The van der Waals surface area contributed by atoms with Crippen molar-refractivity contribution in [1.29, 1.82) is 0 Å². The Labute approximate surface area is 199 Å². The quantitative estimate of drug-likeness (QED) is 0.574. The minimum absolute atomic E-state index is 0.191. The zero-order valence-electron chi connectivity index (χ0n) is 18.7. The molecule has 0 aliphatic carbocycles. The van der Waals surface area contributed by atoms with Gasteiger partial charge in [0.25, 0.3) is 5.91 Å². The van der Waals surface area contributed by atoms with Crippen molar-refractivity contribution in [2.75, 3.05) is 19.9 Å². The predicted molar refractivity (Wildman–Crippen MR) is 128 cm³/mol. The third-order valence-electron chi connectivity index (χ3n) is 6.16. The SMILES string of the molecule is O=C(NCc1ccc2c(c1)OCO2)c1cccc(-c2ccc(S(=O)(=O)N3CCCCC3)cc2)c1. The maximum Gasteiger partial charge on any atom is 0.251 e. The lowest BCUT2D eigenvalue weighted by molar-refractivity contribution is 0.0951. The number of ether oxygens (including phenoxy) is 2. The summed E-state index contributed by atoms with van der Waals surface area (Å²) in [5.74, 6) is 1.20. The number of fused-ring (bicyclic) bond motifs is 1. The molecule has 7 nitrogen and oxygen atoms in total. The highest BCUT2D eigenvalue weighted by Crippen LogP contribution is 2.32. The number of amides is 1. The number of hydrogen-bond donors (Lipinski definition) is 1. The van der Waals surface area contributed by atoms with Gasteiger partial charge in [0.05, 0.1) is 4.90 Å². The number of nitrogens with zero attached hydrogens (tertiary/aromatic N) is 1. The van der Waals surface area contributed by atoms with Crippen LogP contribution in [0.25, 0.3) is 11.1 Å². The summed E-state index contributed by atoms with van der Waals surface area (Å²) in [5, 5.41) is 2.93. The zero-order valence-corrected chi connectivity index (χ0v) is 19.5.